The minimum Gasteiger partial charge on any atom is -0.357 e. The number of aryl methyl sites for hydroxylation is 1. The van der Waals surface area contributed by atoms with Gasteiger partial charge in [-0.3, -0.25) is 9.79 Å². The van der Waals surface area contributed by atoms with E-state index in [1.807, 2.05) is 18.2 Å². The zero-order valence-electron chi connectivity index (χ0n) is 17.7. The van der Waals surface area contributed by atoms with Crippen LogP contribution in [0.15, 0.2) is 59.6 Å². The molecule has 0 aliphatic carbocycles. The number of amides is 1. The summed E-state index contributed by atoms with van der Waals surface area (Å²) in [6.07, 6.45) is 5.13. The summed E-state index contributed by atoms with van der Waals surface area (Å²) in [5, 5.41) is 9.69. The van der Waals surface area contributed by atoms with Gasteiger partial charge >= 0.3 is 0 Å². The Labute approximate surface area is 197 Å². The van der Waals surface area contributed by atoms with E-state index in [0.717, 1.165) is 37.6 Å². The average Bonchev–Trinajstić information content (AvgIpc) is 2.74. The zero-order valence-corrected chi connectivity index (χ0v) is 20.0. The molecule has 30 heavy (non-hydrogen) atoms. The first-order chi connectivity index (χ1) is 14.3. The van der Waals surface area contributed by atoms with Crippen LogP contribution in [0.1, 0.15) is 49.7 Å². The second-order valence-corrected chi connectivity index (χ2v) is 7.48. The lowest BCUT2D eigenvalue weighted by Crippen LogP contribution is -2.38. The van der Waals surface area contributed by atoms with Crippen LogP contribution in [0.25, 0.3) is 0 Å². The summed E-state index contributed by atoms with van der Waals surface area (Å²) in [5.41, 5.74) is 3.50. The standard InChI is InChI=1S/C24H32N4O.HI/c1-2-25-24(26-16-10-4-7-13-19-11-5-3-6-12-19)27-18-20-17-23(29)28-22-15-9-8-14-21(20)22;/h3,5-6,8-9,11-12,14-15,20H,2,4,7,10,13,16-18H2,1H3,(H,28,29)(H2,25,26,27);1H. The second kappa shape index (κ2) is 13.3. The maximum Gasteiger partial charge on any atom is 0.225 e. The third-order valence-electron chi connectivity index (χ3n) is 5.20. The average molecular weight is 520 g/mol. The largest absolute Gasteiger partial charge is 0.357 e. The van der Waals surface area contributed by atoms with Crippen LogP contribution < -0.4 is 16.0 Å². The number of unbranched alkanes of at least 4 members (excludes halogenated alkanes) is 2. The van der Waals surface area contributed by atoms with Gasteiger partial charge in [-0.2, -0.15) is 0 Å². The molecule has 0 bridgehead atoms. The van der Waals surface area contributed by atoms with E-state index in [1.54, 1.807) is 0 Å². The van der Waals surface area contributed by atoms with E-state index in [4.69, 9.17) is 4.99 Å². The molecule has 2 aromatic carbocycles. The normalized spacial score (nSPS) is 15.6. The van der Waals surface area contributed by atoms with Crippen molar-refractivity contribution in [1.29, 1.82) is 0 Å². The molecule has 1 heterocycles. The van der Waals surface area contributed by atoms with Crippen molar-refractivity contribution in [3.05, 3.63) is 65.7 Å². The fourth-order valence-corrected chi connectivity index (χ4v) is 3.69. The van der Waals surface area contributed by atoms with E-state index in [-0.39, 0.29) is 35.8 Å². The summed E-state index contributed by atoms with van der Waals surface area (Å²) in [5.74, 6) is 1.03. The fourth-order valence-electron chi connectivity index (χ4n) is 3.69. The third-order valence-corrected chi connectivity index (χ3v) is 5.20. The van der Waals surface area contributed by atoms with Crippen LogP contribution in [0.5, 0.6) is 0 Å². The number of guanidine groups is 1. The van der Waals surface area contributed by atoms with Crippen LogP contribution in [-0.4, -0.2) is 31.5 Å². The molecule has 1 aliphatic heterocycles. The van der Waals surface area contributed by atoms with E-state index >= 15 is 0 Å². The number of fused-ring (bicyclic) bond motifs is 1. The quantitative estimate of drug-likeness (QED) is 0.195. The Balaban J connectivity index is 0.00000320. The van der Waals surface area contributed by atoms with Crippen molar-refractivity contribution in [3.63, 3.8) is 0 Å². The first kappa shape index (κ1) is 24.2. The van der Waals surface area contributed by atoms with Crippen LogP contribution in [0.4, 0.5) is 5.69 Å². The Bertz CT molecular complexity index is 810. The van der Waals surface area contributed by atoms with Crippen LogP contribution >= 0.6 is 24.0 Å². The number of benzene rings is 2. The molecule has 0 spiro atoms. The maximum absolute atomic E-state index is 12.0. The Morgan fingerprint density at radius 1 is 1.03 bits per heavy atom. The predicted octanol–water partition coefficient (Wildman–Crippen LogP) is 4.70. The van der Waals surface area contributed by atoms with Crippen LogP contribution in [-0.2, 0) is 11.2 Å². The molecule has 0 saturated carbocycles. The molecular weight excluding hydrogens is 487 g/mol. The zero-order chi connectivity index (χ0) is 20.3. The number of hydrogen-bond acceptors (Lipinski definition) is 2. The van der Waals surface area contributed by atoms with Gasteiger partial charge in [0.25, 0.3) is 0 Å². The molecule has 3 rings (SSSR count). The molecule has 1 amide bonds. The monoisotopic (exact) mass is 520 g/mol. The van der Waals surface area contributed by atoms with Gasteiger partial charge in [0, 0.05) is 31.1 Å². The van der Waals surface area contributed by atoms with Crippen molar-refractivity contribution >= 4 is 41.5 Å². The number of nitrogens with zero attached hydrogens (tertiary/aromatic N) is 1. The summed E-state index contributed by atoms with van der Waals surface area (Å²) < 4.78 is 0. The Morgan fingerprint density at radius 2 is 1.80 bits per heavy atom. The van der Waals surface area contributed by atoms with Gasteiger partial charge in [0.05, 0.1) is 6.54 Å². The summed E-state index contributed by atoms with van der Waals surface area (Å²) >= 11 is 0. The first-order valence-corrected chi connectivity index (χ1v) is 10.7. The van der Waals surface area contributed by atoms with Gasteiger partial charge in [0.2, 0.25) is 5.91 Å². The van der Waals surface area contributed by atoms with Gasteiger partial charge in [-0.1, -0.05) is 55.0 Å². The summed E-state index contributed by atoms with van der Waals surface area (Å²) in [4.78, 5) is 16.7. The molecule has 5 nitrogen and oxygen atoms in total. The molecule has 3 N–H and O–H groups in total. The SMILES string of the molecule is CCNC(=NCC1CC(=O)Nc2ccccc21)NCCCCCc1ccccc1.I. The Morgan fingerprint density at radius 3 is 2.60 bits per heavy atom. The van der Waals surface area contributed by atoms with Crippen molar-refractivity contribution in [2.45, 2.75) is 44.9 Å². The molecule has 0 saturated heterocycles. The maximum atomic E-state index is 12.0. The number of hydrogen-bond donors (Lipinski definition) is 3. The number of carbonyl (C=O) groups is 1. The highest BCUT2D eigenvalue weighted by Gasteiger charge is 2.24. The number of aliphatic imine (C=N–C) groups is 1. The Kier molecular flexibility index (Phi) is 10.7. The molecule has 162 valence electrons. The molecule has 6 heteroatoms. The molecule has 1 atom stereocenters. The predicted molar refractivity (Wildman–Crippen MR) is 136 cm³/mol. The number of para-hydroxylation sites is 1. The lowest BCUT2D eigenvalue weighted by molar-refractivity contribution is -0.116. The molecule has 0 aromatic heterocycles. The van der Waals surface area contributed by atoms with Crippen LogP contribution in [0.2, 0.25) is 0 Å². The number of nitrogens with one attached hydrogen (secondary N) is 3. The highest BCUT2D eigenvalue weighted by atomic mass is 127. The van der Waals surface area contributed by atoms with Crippen LogP contribution in [0.3, 0.4) is 0 Å². The topological polar surface area (TPSA) is 65.5 Å². The van der Waals surface area contributed by atoms with Crippen molar-refractivity contribution in [2.75, 3.05) is 25.0 Å². The number of rotatable bonds is 9. The molecule has 1 aliphatic rings. The van der Waals surface area contributed by atoms with Gasteiger partial charge in [-0.05, 0) is 43.4 Å². The number of halogens is 1. The molecular formula is C24H33IN4O. The van der Waals surface area contributed by atoms with Crippen molar-refractivity contribution in [3.8, 4) is 0 Å². The number of carbonyl (C=O) groups excluding carboxylic acids is 1. The smallest absolute Gasteiger partial charge is 0.225 e. The summed E-state index contributed by atoms with van der Waals surface area (Å²) in [6, 6.07) is 18.7. The van der Waals surface area contributed by atoms with Gasteiger partial charge in [0.1, 0.15) is 0 Å². The highest BCUT2D eigenvalue weighted by molar-refractivity contribution is 14.0. The Hall–Kier alpha value is -2.09. The van der Waals surface area contributed by atoms with Crippen LogP contribution in [0, 0.1) is 0 Å². The fraction of sp³-hybridized carbons (Fsp3) is 0.417. The summed E-state index contributed by atoms with van der Waals surface area (Å²) in [7, 11) is 0. The third kappa shape index (κ3) is 7.63. The van der Waals surface area contributed by atoms with E-state index in [2.05, 4.69) is 59.3 Å². The first-order valence-electron chi connectivity index (χ1n) is 10.7. The number of anilines is 1. The molecule has 1 unspecified atom stereocenters. The van der Waals surface area contributed by atoms with Crippen molar-refractivity contribution < 1.29 is 4.79 Å². The van der Waals surface area contributed by atoms with Gasteiger partial charge in [-0.15, -0.1) is 24.0 Å². The lowest BCUT2D eigenvalue weighted by Gasteiger charge is -2.24. The molecule has 0 radical (unpaired) electrons. The van der Waals surface area contributed by atoms with Crippen molar-refractivity contribution in [2.24, 2.45) is 4.99 Å². The van der Waals surface area contributed by atoms with E-state index in [9.17, 15) is 4.79 Å². The van der Waals surface area contributed by atoms with Gasteiger partial charge < -0.3 is 16.0 Å². The highest BCUT2D eigenvalue weighted by Crippen LogP contribution is 2.31. The minimum atomic E-state index is 0. The minimum absolute atomic E-state index is 0. The van der Waals surface area contributed by atoms with E-state index < -0.39 is 0 Å². The summed E-state index contributed by atoms with van der Waals surface area (Å²) in [6.45, 7) is 4.40. The molecule has 0 fully saturated rings. The molecule has 2 aromatic rings. The van der Waals surface area contributed by atoms with Gasteiger partial charge in [-0.25, -0.2) is 0 Å². The second-order valence-electron chi connectivity index (χ2n) is 7.48. The lowest BCUT2D eigenvalue weighted by atomic mass is 9.91. The van der Waals surface area contributed by atoms with E-state index in [1.165, 1.54) is 24.0 Å². The van der Waals surface area contributed by atoms with E-state index in [0.29, 0.717) is 13.0 Å². The van der Waals surface area contributed by atoms with Crippen molar-refractivity contribution in [1.82, 2.24) is 10.6 Å². The van der Waals surface area contributed by atoms with Gasteiger partial charge in [0.15, 0.2) is 5.96 Å².